The van der Waals surface area contributed by atoms with Crippen molar-refractivity contribution in [2.45, 2.75) is 17.9 Å². The Bertz CT molecular complexity index is 717. The smallest absolute Gasteiger partial charge is 0.293 e. The molecule has 1 aliphatic rings. The summed E-state index contributed by atoms with van der Waals surface area (Å²) in [7, 11) is -0.280. The Morgan fingerprint density at radius 3 is 2.52 bits per heavy atom. The van der Waals surface area contributed by atoms with Crippen LogP contribution in [0, 0.1) is 10.1 Å². The highest BCUT2D eigenvalue weighted by Crippen LogP contribution is 2.29. The quantitative estimate of drug-likeness (QED) is 0.562. The Balaban J connectivity index is 2.30. The number of rotatable bonds is 7. The fraction of sp³-hybridized carbons (Fsp3) is 0.600. The van der Waals surface area contributed by atoms with Crippen molar-refractivity contribution in [1.82, 2.24) is 9.21 Å². The Morgan fingerprint density at radius 1 is 1.32 bits per heavy atom. The number of nitrogens with zero attached hydrogens (tertiary/aromatic N) is 3. The maximum atomic E-state index is 12.7. The van der Waals surface area contributed by atoms with Crippen LogP contribution in [0.1, 0.15) is 6.92 Å². The first-order chi connectivity index (χ1) is 11.8. The van der Waals surface area contributed by atoms with Crippen molar-refractivity contribution in [2.75, 3.05) is 52.3 Å². The molecular formula is C15H24N4O5S. The summed E-state index contributed by atoms with van der Waals surface area (Å²) >= 11 is 0. The number of benzene rings is 1. The lowest BCUT2D eigenvalue weighted by molar-refractivity contribution is -0.384. The number of nitro benzene ring substituents is 1. The molecule has 0 unspecified atom stereocenters. The number of piperazine rings is 1. The van der Waals surface area contributed by atoms with E-state index in [-0.39, 0.29) is 22.3 Å². The van der Waals surface area contributed by atoms with Crippen LogP contribution < -0.4 is 5.32 Å². The van der Waals surface area contributed by atoms with E-state index in [0.717, 1.165) is 6.07 Å². The number of anilines is 1. The number of sulfonamides is 1. The Morgan fingerprint density at radius 2 is 1.96 bits per heavy atom. The van der Waals surface area contributed by atoms with Gasteiger partial charge in [-0.25, -0.2) is 8.42 Å². The van der Waals surface area contributed by atoms with E-state index in [2.05, 4.69) is 5.32 Å². The topological polar surface area (TPSA) is 105 Å². The van der Waals surface area contributed by atoms with Crippen LogP contribution in [-0.2, 0) is 14.8 Å². The molecule has 1 fully saturated rings. The van der Waals surface area contributed by atoms with Crippen LogP contribution in [0.2, 0.25) is 0 Å². The number of methoxy groups -OCH3 is 1. The van der Waals surface area contributed by atoms with Gasteiger partial charge in [-0.2, -0.15) is 4.31 Å². The third-order valence-corrected chi connectivity index (χ3v) is 5.98. The first kappa shape index (κ1) is 19.6. The second-order valence-electron chi connectivity index (χ2n) is 6.14. The number of hydrogen-bond donors (Lipinski definition) is 1. The fourth-order valence-corrected chi connectivity index (χ4v) is 4.12. The van der Waals surface area contributed by atoms with Crippen molar-refractivity contribution in [2.24, 2.45) is 0 Å². The van der Waals surface area contributed by atoms with Crippen LogP contribution in [0.15, 0.2) is 23.1 Å². The largest absolute Gasteiger partial charge is 0.383 e. The summed E-state index contributed by atoms with van der Waals surface area (Å²) in [6, 6.07) is 3.81. The maximum absolute atomic E-state index is 12.7. The number of hydrogen-bond acceptors (Lipinski definition) is 7. The van der Waals surface area contributed by atoms with Crippen LogP contribution in [0.3, 0.4) is 0 Å². The molecule has 0 spiro atoms. The maximum Gasteiger partial charge on any atom is 0.293 e. The zero-order chi connectivity index (χ0) is 18.6. The van der Waals surface area contributed by atoms with Gasteiger partial charge in [-0.3, -0.25) is 10.1 Å². The molecule has 1 atom stereocenters. The summed E-state index contributed by atoms with van der Waals surface area (Å²) in [6.07, 6.45) is 0. The average molecular weight is 372 g/mol. The van der Waals surface area contributed by atoms with Crippen molar-refractivity contribution < 1.29 is 18.1 Å². The van der Waals surface area contributed by atoms with Crippen molar-refractivity contribution in [3.8, 4) is 0 Å². The van der Waals surface area contributed by atoms with Crippen molar-refractivity contribution in [1.29, 1.82) is 0 Å². The predicted molar refractivity (Wildman–Crippen MR) is 94.3 cm³/mol. The summed E-state index contributed by atoms with van der Waals surface area (Å²) in [5, 5.41) is 14.4. The van der Waals surface area contributed by atoms with Gasteiger partial charge in [0.15, 0.2) is 0 Å². The second-order valence-corrected chi connectivity index (χ2v) is 8.08. The molecule has 0 bridgehead atoms. The highest BCUT2D eigenvalue weighted by atomic mass is 32.2. The zero-order valence-corrected chi connectivity index (χ0v) is 15.5. The monoisotopic (exact) mass is 372 g/mol. The van der Waals surface area contributed by atoms with E-state index in [1.807, 2.05) is 18.9 Å². The van der Waals surface area contributed by atoms with E-state index in [4.69, 9.17) is 4.74 Å². The summed E-state index contributed by atoms with van der Waals surface area (Å²) < 4.78 is 31.9. The molecule has 1 saturated heterocycles. The van der Waals surface area contributed by atoms with Gasteiger partial charge < -0.3 is 15.0 Å². The Labute approximate surface area is 147 Å². The molecule has 1 aliphatic heterocycles. The zero-order valence-electron chi connectivity index (χ0n) is 14.6. The van der Waals surface area contributed by atoms with E-state index in [9.17, 15) is 18.5 Å². The number of nitrogens with one attached hydrogen (secondary N) is 1. The van der Waals surface area contributed by atoms with Gasteiger partial charge in [0.05, 0.1) is 16.4 Å². The van der Waals surface area contributed by atoms with Crippen LogP contribution in [-0.4, -0.2) is 75.5 Å². The van der Waals surface area contributed by atoms with E-state index < -0.39 is 14.9 Å². The first-order valence-electron chi connectivity index (χ1n) is 7.98. The van der Waals surface area contributed by atoms with Gasteiger partial charge in [0, 0.05) is 45.4 Å². The number of likely N-dealkylation sites (N-methyl/N-ethyl adjacent to an activating group) is 1. The van der Waals surface area contributed by atoms with Gasteiger partial charge in [0.25, 0.3) is 5.69 Å². The molecule has 9 nitrogen and oxygen atoms in total. The normalized spacial score (nSPS) is 18.0. The fourth-order valence-electron chi connectivity index (χ4n) is 2.68. The minimum absolute atomic E-state index is 0.0614. The predicted octanol–water partition coefficient (Wildman–Crippen LogP) is 0.978. The van der Waals surface area contributed by atoms with E-state index >= 15 is 0 Å². The summed E-state index contributed by atoms with van der Waals surface area (Å²) in [4.78, 5) is 12.8. The van der Waals surface area contributed by atoms with Crippen molar-refractivity contribution >= 4 is 21.4 Å². The van der Waals surface area contributed by atoms with Gasteiger partial charge in [0.2, 0.25) is 10.0 Å². The SMILES string of the molecule is COC[C@H](C)Nc1ccc(S(=O)(=O)N2CCN(C)CC2)cc1[N+](=O)[O-]. The van der Waals surface area contributed by atoms with Crippen LogP contribution >= 0.6 is 0 Å². The van der Waals surface area contributed by atoms with E-state index in [1.54, 1.807) is 0 Å². The van der Waals surface area contributed by atoms with Gasteiger partial charge in [-0.1, -0.05) is 0 Å². The summed E-state index contributed by atoms with van der Waals surface area (Å²) in [6.45, 7) is 4.21. The molecule has 10 heteroatoms. The lowest BCUT2D eigenvalue weighted by Gasteiger charge is -2.31. The molecule has 140 valence electrons. The molecule has 0 amide bonds. The first-order valence-corrected chi connectivity index (χ1v) is 9.42. The third kappa shape index (κ3) is 4.66. The molecule has 1 heterocycles. The molecule has 1 N–H and O–H groups in total. The van der Waals surface area contributed by atoms with E-state index in [0.29, 0.717) is 32.8 Å². The highest BCUT2D eigenvalue weighted by Gasteiger charge is 2.29. The lowest BCUT2D eigenvalue weighted by Crippen LogP contribution is -2.47. The number of nitro groups is 1. The standard InChI is InChI=1S/C15H24N4O5S/c1-12(11-24-3)16-14-5-4-13(10-15(14)19(20)21)25(22,23)18-8-6-17(2)7-9-18/h4-5,10,12,16H,6-9,11H2,1-3H3/t12-/m0/s1. The highest BCUT2D eigenvalue weighted by molar-refractivity contribution is 7.89. The van der Waals surface area contributed by atoms with Gasteiger partial charge in [-0.15, -0.1) is 0 Å². The minimum Gasteiger partial charge on any atom is -0.383 e. The Hall–Kier alpha value is -1.75. The van der Waals surface area contributed by atoms with Gasteiger partial charge >= 0.3 is 0 Å². The molecule has 0 aromatic heterocycles. The average Bonchev–Trinajstić information content (AvgIpc) is 2.55. The van der Waals surface area contributed by atoms with E-state index in [1.165, 1.54) is 23.5 Å². The Kier molecular flexibility index (Phi) is 6.33. The molecule has 0 radical (unpaired) electrons. The van der Waals surface area contributed by atoms with Gasteiger partial charge in [-0.05, 0) is 26.1 Å². The third-order valence-electron chi connectivity index (χ3n) is 4.08. The molecule has 2 rings (SSSR count). The molecule has 0 saturated carbocycles. The molecule has 0 aliphatic carbocycles. The van der Waals surface area contributed by atoms with Crippen molar-refractivity contribution in [3.63, 3.8) is 0 Å². The molecule has 1 aromatic carbocycles. The molecular weight excluding hydrogens is 348 g/mol. The van der Waals surface area contributed by atoms with Crippen molar-refractivity contribution in [3.05, 3.63) is 28.3 Å². The summed E-state index contributed by atoms with van der Waals surface area (Å²) in [5.74, 6) is 0. The summed E-state index contributed by atoms with van der Waals surface area (Å²) in [5.41, 5.74) is 0.00466. The number of ether oxygens (including phenoxy) is 1. The molecule has 25 heavy (non-hydrogen) atoms. The van der Waals surface area contributed by atoms with Crippen LogP contribution in [0.4, 0.5) is 11.4 Å². The lowest BCUT2D eigenvalue weighted by atomic mass is 10.2. The van der Waals surface area contributed by atoms with Crippen LogP contribution in [0.25, 0.3) is 0 Å². The second kappa shape index (κ2) is 8.09. The van der Waals surface area contributed by atoms with Gasteiger partial charge in [0.1, 0.15) is 5.69 Å². The molecule has 1 aromatic rings. The minimum atomic E-state index is -3.75. The van der Waals surface area contributed by atoms with Crippen LogP contribution in [0.5, 0.6) is 0 Å².